The van der Waals surface area contributed by atoms with E-state index in [4.69, 9.17) is 0 Å². The molecule has 2 amide bonds. The molecule has 3 rings (SSSR count). The summed E-state index contributed by atoms with van der Waals surface area (Å²) in [4.78, 5) is 14.0. The van der Waals surface area contributed by atoms with Crippen LogP contribution in [0.15, 0.2) is 47.4 Å². The topological polar surface area (TPSA) is 86.7 Å². The summed E-state index contributed by atoms with van der Waals surface area (Å²) in [5.74, 6) is 0. The van der Waals surface area contributed by atoms with Gasteiger partial charge in [0, 0.05) is 12.1 Å². The zero-order valence-corrected chi connectivity index (χ0v) is 14.9. The summed E-state index contributed by atoms with van der Waals surface area (Å²) in [6.07, 6.45) is -0.304. The van der Waals surface area contributed by atoms with Crippen LogP contribution >= 0.6 is 0 Å². The minimum atomic E-state index is -3.95. The second-order valence-electron chi connectivity index (χ2n) is 6.24. The number of benzene rings is 2. The van der Waals surface area contributed by atoms with Crippen molar-refractivity contribution in [2.75, 3.05) is 11.4 Å². The summed E-state index contributed by atoms with van der Waals surface area (Å²) in [6.45, 7) is 3.99. The highest BCUT2D eigenvalue weighted by molar-refractivity contribution is 7.90. The summed E-state index contributed by atoms with van der Waals surface area (Å²) >= 11 is 0. The molecule has 0 aromatic heterocycles. The molecule has 0 bridgehead atoms. The van der Waals surface area contributed by atoms with Gasteiger partial charge in [0.2, 0.25) is 0 Å². The SMILES string of the molecule is Cc1ccc(S(=O)(=O)NC(=O)N2CCC(O)c3cc(C)ccc32)cc1. The van der Waals surface area contributed by atoms with E-state index in [1.807, 2.05) is 26.0 Å². The summed E-state index contributed by atoms with van der Waals surface area (Å²) in [6, 6.07) is 10.9. The number of amides is 2. The Balaban J connectivity index is 1.87. The molecule has 1 atom stereocenters. The first-order valence-corrected chi connectivity index (χ1v) is 9.46. The number of nitrogens with one attached hydrogen (secondary N) is 1. The van der Waals surface area contributed by atoms with Gasteiger partial charge in [-0.05, 0) is 38.5 Å². The molecule has 6 nitrogen and oxygen atoms in total. The van der Waals surface area contributed by atoms with Gasteiger partial charge in [-0.3, -0.25) is 4.90 Å². The molecule has 132 valence electrons. The Morgan fingerprint density at radius 2 is 1.76 bits per heavy atom. The Bertz CT molecular complexity index is 907. The molecule has 1 heterocycles. The number of carbonyl (C=O) groups excluding carboxylic acids is 1. The molecule has 1 aliphatic heterocycles. The van der Waals surface area contributed by atoms with E-state index in [0.29, 0.717) is 17.7 Å². The Morgan fingerprint density at radius 1 is 1.12 bits per heavy atom. The third-order valence-electron chi connectivity index (χ3n) is 4.26. The maximum atomic E-state index is 12.6. The average Bonchev–Trinajstić information content (AvgIpc) is 2.55. The van der Waals surface area contributed by atoms with Crippen LogP contribution in [0.5, 0.6) is 0 Å². The van der Waals surface area contributed by atoms with E-state index in [9.17, 15) is 18.3 Å². The van der Waals surface area contributed by atoms with E-state index in [-0.39, 0.29) is 11.4 Å². The number of carbonyl (C=O) groups is 1. The molecular formula is C18H20N2O4S. The number of hydrogen-bond acceptors (Lipinski definition) is 4. The van der Waals surface area contributed by atoms with Crippen LogP contribution in [0, 0.1) is 13.8 Å². The van der Waals surface area contributed by atoms with Crippen molar-refractivity contribution in [1.29, 1.82) is 0 Å². The van der Waals surface area contributed by atoms with Gasteiger partial charge >= 0.3 is 6.03 Å². The molecule has 0 spiro atoms. The van der Waals surface area contributed by atoms with E-state index in [0.717, 1.165) is 11.1 Å². The van der Waals surface area contributed by atoms with Crippen molar-refractivity contribution in [3.8, 4) is 0 Å². The lowest BCUT2D eigenvalue weighted by atomic mass is 9.97. The number of sulfonamides is 1. The van der Waals surface area contributed by atoms with Crippen LogP contribution in [-0.4, -0.2) is 26.1 Å². The first-order valence-electron chi connectivity index (χ1n) is 7.97. The largest absolute Gasteiger partial charge is 0.388 e. The number of aliphatic hydroxyl groups is 1. The summed E-state index contributed by atoms with van der Waals surface area (Å²) in [7, 11) is -3.95. The molecule has 2 aromatic rings. The first-order chi connectivity index (χ1) is 11.8. The maximum Gasteiger partial charge on any atom is 0.335 e. The van der Waals surface area contributed by atoms with Crippen LogP contribution in [0.3, 0.4) is 0 Å². The third-order valence-corrected chi connectivity index (χ3v) is 5.59. The van der Waals surface area contributed by atoms with Gasteiger partial charge in [-0.25, -0.2) is 17.9 Å². The molecule has 7 heteroatoms. The fourth-order valence-corrected chi connectivity index (χ4v) is 3.82. The Labute approximate surface area is 147 Å². The van der Waals surface area contributed by atoms with Crippen LogP contribution in [0.25, 0.3) is 0 Å². The Morgan fingerprint density at radius 3 is 2.44 bits per heavy atom. The number of urea groups is 1. The Kier molecular flexibility index (Phi) is 4.53. The van der Waals surface area contributed by atoms with Crippen LogP contribution in [-0.2, 0) is 10.0 Å². The van der Waals surface area contributed by atoms with Crippen molar-refractivity contribution in [2.45, 2.75) is 31.3 Å². The Hall–Kier alpha value is -2.38. The summed E-state index contributed by atoms with van der Waals surface area (Å²) in [5, 5.41) is 10.1. The third kappa shape index (κ3) is 3.52. The zero-order valence-electron chi connectivity index (χ0n) is 14.1. The van der Waals surface area contributed by atoms with E-state index >= 15 is 0 Å². The quantitative estimate of drug-likeness (QED) is 0.862. The number of rotatable bonds is 2. The van der Waals surface area contributed by atoms with Gasteiger partial charge in [0.05, 0.1) is 16.7 Å². The van der Waals surface area contributed by atoms with Crippen molar-refractivity contribution in [3.63, 3.8) is 0 Å². The van der Waals surface area contributed by atoms with Gasteiger partial charge in [0.15, 0.2) is 0 Å². The summed E-state index contributed by atoms with van der Waals surface area (Å²) < 4.78 is 26.9. The molecular weight excluding hydrogens is 340 g/mol. The molecule has 2 aromatic carbocycles. The fraction of sp³-hybridized carbons (Fsp3) is 0.278. The standard InChI is InChI=1S/C18H20N2O4S/c1-12-3-6-14(7-4-12)25(23,24)19-18(22)20-10-9-17(21)15-11-13(2)5-8-16(15)20/h3-8,11,17,21H,9-10H2,1-2H3,(H,19,22). The summed E-state index contributed by atoms with van der Waals surface area (Å²) in [5.41, 5.74) is 3.06. The molecule has 1 aliphatic rings. The van der Waals surface area contributed by atoms with E-state index < -0.39 is 22.2 Å². The minimum Gasteiger partial charge on any atom is -0.388 e. The molecule has 0 fully saturated rings. The first kappa shape index (κ1) is 17.4. The van der Waals surface area contributed by atoms with Gasteiger partial charge in [-0.1, -0.05) is 35.4 Å². The number of aryl methyl sites for hydroxylation is 2. The molecule has 0 saturated heterocycles. The number of aliphatic hydroxyl groups excluding tert-OH is 1. The number of hydrogen-bond donors (Lipinski definition) is 2. The van der Waals surface area contributed by atoms with E-state index in [1.54, 1.807) is 18.2 Å². The highest BCUT2D eigenvalue weighted by atomic mass is 32.2. The molecule has 2 N–H and O–H groups in total. The second kappa shape index (κ2) is 6.50. The van der Waals surface area contributed by atoms with E-state index in [2.05, 4.69) is 4.72 Å². The second-order valence-corrected chi connectivity index (χ2v) is 7.92. The van der Waals surface area contributed by atoms with Gasteiger partial charge in [-0.15, -0.1) is 0 Å². The van der Waals surface area contributed by atoms with Crippen molar-refractivity contribution < 1.29 is 18.3 Å². The molecule has 0 radical (unpaired) electrons. The highest BCUT2D eigenvalue weighted by Crippen LogP contribution is 2.34. The predicted octanol–water partition coefficient (Wildman–Crippen LogP) is 2.65. The fourth-order valence-electron chi connectivity index (χ4n) is 2.87. The number of fused-ring (bicyclic) bond motifs is 1. The predicted molar refractivity (Wildman–Crippen MR) is 95.0 cm³/mol. The monoisotopic (exact) mass is 360 g/mol. The lowest BCUT2D eigenvalue weighted by molar-refractivity contribution is 0.164. The van der Waals surface area contributed by atoms with Gasteiger partial charge in [0.1, 0.15) is 0 Å². The van der Waals surface area contributed by atoms with Crippen LogP contribution in [0.2, 0.25) is 0 Å². The van der Waals surface area contributed by atoms with Gasteiger partial charge in [0.25, 0.3) is 10.0 Å². The number of nitrogens with zero attached hydrogens (tertiary/aromatic N) is 1. The van der Waals surface area contributed by atoms with Crippen molar-refractivity contribution in [3.05, 3.63) is 59.2 Å². The molecule has 25 heavy (non-hydrogen) atoms. The lowest BCUT2D eigenvalue weighted by Gasteiger charge is -2.32. The molecule has 1 unspecified atom stereocenters. The van der Waals surface area contributed by atoms with Crippen LogP contribution < -0.4 is 9.62 Å². The van der Waals surface area contributed by atoms with Crippen molar-refractivity contribution >= 4 is 21.7 Å². The van der Waals surface area contributed by atoms with Crippen molar-refractivity contribution in [1.82, 2.24) is 4.72 Å². The lowest BCUT2D eigenvalue weighted by Crippen LogP contribution is -2.45. The van der Waals surface area contributed by atoms with Crippen LogP contribution in [0.1, 0.15) is 29.2 Å². The minimum absolute atomic E-state index is 0.0348. The van der Waals surface area contributed by atoms with Gasteiger partial charge < -0.3 is 5.11 Å². The maximum absolute atomic E-state index is 12.6. The van der Waals surface area contributed by atoms with Gasteiger partial charge in [-0.2, -0.15) is 0 Å². The van der Waals surface area contributed by atoms with E-state index in [1.165, 1.54) is 17.0 Å². The highest BCUT2D eigenvalue weighted by Gasteiger charge is 2.30. The smallest absolute Gasteiger partial charge is 0.335 e. The number of anilines is 1. The van der Waals surface area contributed by atoms with Crippen LogP contribution in [0.4, 0.5) is 10.5 Å². The molecule has 0 aliphatic carbocycles. The normalized spacial score (nSPS) is 17.1. The van der Waals surface area contributed by atoms with Crippen molar-refractivity contribution in [2.24, 2.45) is 0 Å². The zero-order chi connectivity index (χ0) is 18.2. The average molecular weight is 360 g/mol. The molecule has 0 saturated carbocycles.